The number of nitrogens with zero attached hydrogens (tertiary/aromatic N) is 2. The van der Waals surface area contributed by atoms with Crippen LogP contribution >= 0.6 is 11.6 Å². The second kappa shape index (κ2) is 4.07. The molecule has 1 aliphatic heterocycles. The third-order valence-corrected chi connectivity index (χ3v) is 3.52. The van der Waals surface area contributed by atoms with Crippen LogP contribution in [0.5, 0.6) is 0 Å². The quantitative estimate of drug-likeness (QED) is 0.824. The van der Waals surface area contributed by atoms with Crippen molar-refractivity contribution in [3.8, 4) is 0 Å². The standard InChI is InChI=1S/C12H14ClN3/c13-10-4-1-5-11-12(10)15-8-16(11)9-3-2-6-14-7-9/h1,4-5,8-9,14H,2-3,6-7H2. The molecule has 3 rings (SSSR count). The van der Waals surface area contributed by atoms with Crippen LogP contribution in [0.3, 0.4) is 0 Å². The molecule has 84 valence electrons. The number of para-hydroxylation sites is 1. The third-order valence-electron chi connectivity index (χ3n) is 3.22. The Morgan fingerprint density at radius 3 is 3.19 bits per heavy atom. The van der Waals surface area contributed by atoms with Crippen LogP contribution in [0.1, 0.15) is 18.9 Å². The molecule has 1 saturated heterocycles. The van der Waals surface area contributed by atoms with Crippen molar-refractivity contribution in [2.45, 2.75) is 18.9 Å². The van der Waals surface area contributed by atoms with Crippen LogP contribution in [-0.4, -0.2) is 22.6 Å². The first-order valence-electron chi connectivity index (χ1n) is 5.68. The second-order valence-corrected chi connectivity index (χ2v) is 4.67. The summed E-state index contributed by atoms with van der Waals surface area (Å²) in [5.74, 6) is 0. The molecule has 0 bridgehead atoms. The Hall–Kier alpha value is -1.06. The maximum atomic E-state index is 6.12. The maximum Gasteiger partial charge on any atom is 0.107 e. The van der Waals surface area contributed by atoms with Gasteiger partial charge in [-0.05, 0) is 31.5 Å². The van der Waals surface area contributed by atoms with E-state index in [2.05, 4.69) is 20.9 Å². The number of benzene rings is 1. The number of nitrogens with one attached hydrogen (secondary N) is 1. The number of piperidine rings is 1. The van der Waals surface area contributed by atoms with Crippen molar-refractivity contribution in [3.63, 3.8) is 0 Å². The lowest BCUT2D eigenvalue weighted by Crippen LogP contribution is -2.31. The van der Waals surface area contributed by atoms with E-state index < -0.39 is 0 Å². The number of rotatable bonds is 1. The van der Waals surface area contributed by atoms with E-state index in [4.69, 9.17) is 11.6 Å². The Morgan fingerprint density at radius 2 is 2.38 bits per heavy atom. The second-order valence-electron chi connectivity index (χ2n) is 4.26. The zero-order chi connectivity index (χ0) is 11.0. The Balaban J connectivity index is 2.06. The zero-order valence-corrected chi connectivity index (χ0v) is 9.74. The number of aromatic nitrogens is 2. The number of fused-ring (bicyclic) bond motifs is 1. The van der Waals surface area contributed by atoms with Crippen LogP contribution in [0.15, 0.2) is 24.5 Å². The number of hydrogen-bond acceptors (Lipinski definition) is 2. The first kappa shape index (κ1) is 10.1. The maximum absolute atomic E-state index is 6.12. The van der Waals surface area contributed by atoms with Crippen LogP contribution in [0.2, 0.25) is 5.02 Å². The van der Waals surface area contributed by atoms with Crippen LogP contribution in [-0.2, 0) is 0 Å². The fraction of sp³-hybridized carbons (Fsp3) is 0.417. The summed E-state index contributed by atoms with van der Waals surface area (Å²) in [5.41, 5.74) is 2.05. The predicted octanol–water partition coefficient (Wildman–Crippen LogP) is 2.61. The van der Waals surface area contributed by atoms with Crippen molar-refractivity contribution in [2.75, 3.05) is 13.1 Å². The Bertz CT molecular complexity index is 500. The van der Waals surface area contributed by atoms with E-state index in [9.17, 15) is 0 Å². The molecular weight excluding hydrogens is 222 g/mol. The Kier molecular flexibility index (Phi) is 2.58. The fourth-order valence-corrected chi connectivity index (χ4v) is 2.60. The van der Waals surface area contributed by atoms with E-state index in [1.807, 2.05) is 18.5 Å². The SMILES string of the molecule is Clc1cccc2c1ncn2C1CCCNC1. The normalized spacial score (nSPS) is 21.4. The molecule has 2 aromatic rings. The molecule has 0 aliphatic carbocycles. The van der Waals surface area contributed by atoms with Gasteiger partial charge >= 0.3 is 0 Å². The molecule has 1 unspecified atom stereocenters. The molecule has 1 N–H and O–H groups in total. The largest absolute Gasteiger partial charge is 0.326 e. The Labute approximate surface area is 99.4 Å². The summed E-state index contributed by atoms with van der Waals surface area (Å²) < 4.78 is 2.24. The van der Waals surface area contributed by atoms with Gasteiger partial charge in [0.1, 0.15) is 5.52 Å². The van der Waals surface area contributed by atoms with Gasteiger partial charge in [0.15, 0.2) is 0 Å². The average molecular weight is 236 g/mol. The van der Waals surface area contributed by atoms with Crippen molar-refractivity contribution in [1.29, 1.82) is 0 Å². The van der Waals surface area contributed by atoms with E-state index in [1.54, 1.807) is 0 Å². The lowest BCUT2D eigenvalue weighted by atomic mass is 10.1. The summed E-state index contributed by atoms with van der Waals surface area (Å²) in [7, 11) is 0. The highest BCUT2D eigenvalue weighted by atomic mass is 35.5. The van der Waals surface area contributed by atoms with E-state index in [1.165, 1.54) is 12.8 Å². The molecule has 1 fully saturated rings. The fourth-order valence-electron chi connectivity index (χ4n) is 2.38. The zero-order valence-electron chi connectivity index (χ0n) is 8.99. The molecule has 2 heterocycles. The lowest BCUT2D eigenvalue weighted by Gasteiger charge is -2.24. The van der Waals surface area contributed by atoms with Gasteiger partial charge in [0.25, 0.3) is 0 Å². The number of hydrogen-bond donors (Lipinski definition) is 1. The van der Waals surface area contributed by atoms with Gasteiger partial charge in [-0.25, -0.2) is 4.98 Å². The van der Waals surface area contributed by atoms with E-state index in [-0.39, 0.29) is 0 Å². The van der Waals surface area contributed by atoms with Gasteiger partial charge < -0.3 is 9.88 Å². The highest BCUT2D eigenvalue weighted by Crippen LogP contribution is 2.26. The number of halogens is 1. The van der Waals surface area contributed by atoms with E-state index >= 15 is 0 Å². The predicted molar refractivity (Wildman–Crippen MR) is 65.9 cm³/mol. The summed E-state index contributed by atoms with van der Waals surface area (Å²) >= 11 is 6.12. The van der Waals surface area contributed by atoms with Crippen LogP contribution < -0.4 is 5.32 Å². The molecule has 1 aromatic carbocycles. The van der Waals surface area contributed by atoms with Crippen molar-refractivity contribution in [3.05, 3.63) is 29.5 Å². The minimum Gasteiger partial charge on any atom is -0.326 e. The van der Waals surface area contributed by atoms with Gasteiger partial charge in [-0.15, -0.1) is 0 Å². The van der Waals surface area contributed by atoms with Crippen LogP contribution in [0.4, 0.5) is 0 Å². The molecule has 0 radical (unpaired) electrons. The summed E-state index contributed by atoms with van der Waals surface area (Å²) in [6.07, 6.45) is 4.35. The van der Waals surface area contributed by atoms with E-state index in [0.717, 1.165) is 29.1 Å². The lowest BCUT2D eigenvalue weighted by molar-refractivity contribution is 0.378. The average Bonchev–Trinajstić information content (AvgIpc) is 2.75. The van der Waals surface area contributed by atoms with E-state index in [0.29, 0.717) is 6.04 Å². The third kappa shape index (κ3) is 1.60. The van der Waals surface area contributed by atoms with Crippen molar-refractivity contribution in [2.24, 2.45) is 0 Å². The molecule has 0 saturated carbocycles. The van der Waals surface area contributed by atoms with Crippen molar-refractivity contribution < 1.29 is 0 Å². The van der Waals surface area contributed by atoms with Gasteiger partial charge in [0.05, 0.1) is 16.9 Å². The molecule has 1 aromatic heterocycles. The molecule has 0 spiro atoms. The Morgan fingerprint density at radius 1 is 1.44 bits per heavy atom. The molecule has 1 aliphatic rings. The van der Waals surface area contributed by atoms with Gasteiger partial charge in [0, 0.05) is 12.6 Å². The van der Waals surface area contributed by atoms with Crippen molar-refractivity contribution >= 4 is 22.6 Å². The van der Waals surface area contributed by atoms with Crippen LogP contribution in [0, 0.1) is 0 Å². The summed E-state index contributed by atoms with van der Waals surface area (Å²) in [4.78, 5) is 4.40. The molecule has 0 amide bonds. The molecule has 4 heteroatoms. The molecule has 1 atom stereocenters. The first-order valence-corrected chi connectivity index (χ1v) is 6.06. The highest BCUT2D eigenvalue weighted by molar-refractivity contribution is 6.34. The summed E-state index contributed by atoms with van der Waals surface area (Å²) in [6.45, 7) is 2.15. The summed E-state index contributed by atoms with van der Waals surface area (Å²) in [5, 5.41) is 4.16. The molecule has 3 nitrogen and oxygen atoms in total. The number of imidazole rings is 1. The van der Waals surface area contributed by atoms with Gasteiger partial charge in [-0.1, -0.05) is 17.7 Å². The smallest absolute Gasteiger partial charge is 0.107 e. The van der Waals surface area contributed by atoms with Crippen LogP contribution in [0.25, 0.3) is 11.0 Å². The molecular formula is C12H14ClN3. The summed E-state index contributed by atoms with van der Waals surface area (Å²) in [6, 6.07) is 6.47. The first-order chi connectivity index (χ1) is 7.86. The minimum atomic E-state index is 0.511. The minimum absolute atomic E-state index is 0.511. The topological polar surface area (TPSA) is 29.9 Å². The highest BCUT2D eigenvalue weighted by Gasteiger charge is 2.17. The monoisotopic (exact) mass is 235 g/mol. The van der Waals surface area contributed by atoms with Gasteiger partial charge in [-0.3, -0.25) is 0 Å². The molecule has 16 heavy (non-hydrogen) atoms. The van der Waals surface area contributed by atoms with Gasteiger partial charge in [-0.2, -0.15) is 0 Å². The van der Waals surface area contributed by atoms with Gasteiger partial charge in [0.2, 0.25) is 0 Å². The van der Waals surface area contributed by atoms with Crippen molar-refractivity contribution in [1.82, 2.24) is 14.9 Å².